The molecule has 0 bridgehead atoms. The second kappa shape index (κ2) is 5.00. The van der Waals surface area contributed by atoms with Gasteiger partial charge in [-0.15, -0.1) is 0 Å². The van der Waals surface area contributed by atoms with E-state index in [1.54, 1.807) is 7.11 Å². The van der Waals surface area contributed by atoms with Gasteiger partial charge in [0, 0.05) is 0 Å². The smallest absolute Gasteiger partial charge is 0.334 e. The number of cyclic esters (lactones) is 1. The zero-order valence-corrected chi connectivity index (χ0v) is 11.5. The molecule has 0 radical (unpaired) electrons. The Labute approximate surface area is 117 Å². The van der Waals surface area contributed by atoms with Crippen molar-refractivity contribution in [2.45, 2.75) is 13.0 Å². The summed E-state index contributed by atoms with van der Waals surface area (Å²) in [4.78, 5) is 11.6. The fourth-order valence-electron chi connectivity index (χ4n) is 2.64. The van der Waals surface area contributed by atoms with Crippen molar-refractivity contribution in [3.8, 4) is 0 Å². The number of benzene rings is 2. The molecule has 0 amide bonds. The second-order valence-electron chi connectivity index (χ2n) is 5.00. The van der Waals surface area contributed by atoms with Gasteiger partial charge in [-0.25, -0.2) is 4.79 Å². The monoisotopic (exact) mass is 268 g/mol. The fraction of sp³-hybridized carbons (Fsp3) is 0.235. The van der Waals surface area contributed by atoms with Crippen LogP contribution in [-0.2, 0) is 14.3 Å². The number of carbonyl (C=O) groups excluding carboxylic acids is 1. The maximum Gasteiger partial charge on any atom is 0.334 e. The lowest BCUT2D eigenvalue weighted by atomic mass is 9.92. The van der Waals surface area contributed by atoms with E-state index in [9.17, 15) is 4.79 Å². The molecule has 0 aliphatic carbocycles. The SMILES string of the molecule is COC1=CC(=O)O[C@H](c2ccc3ccccc3c2)[C@H]1C. The van der Waals surface area contributed by atoms with Gasteiger partial charge in [-0.2, -0.15) is 0 Å². The van der Waals surface area contributed by atoms with E-state index in [0.29, 0.717) is 5.76 Å². The average molecular weight is 268 g/mol. The molecule has 0 spiro atoms. The van der Waals surface area contributed by atoms with Gasteiger partial charge in [0.1, 0.15) is 11.9 Å². The maximum absolute atomic E-state index is 11.6. The van der Waals surface area contributed by atoms with E-state index < -0.39 is 0 Å². The summed E-state index contributed by atoms with van der Waals surface area (Å²) in [5.41, 5.74) is 0.993. The number of carbonyl (C=O) groups is 1. The predicted molar refractivity (Wildman–Crippen MR) is 77.0 cm³/mol. The molecule has 2 atom stereocenters. The van der Waals surface area contributed by atoms with Crippen molar-refractivity contribution < 1.29 is 14.3 Å². The van der Waals surface area contributed by atoms with Crippen LogP contribution in [-0.4, -0.2) is 13.1 Å². The predicted octanol–water partition coefficient (Wildman–Crippen LogP) is 3.60. The van der Waals surface area contributed by atoms with E-state index in [2.05, 4.69) is 24.3 Å². The van der Waals surface area contributed by atoms with Crippen molar-refractivity contribution in [3.63, 3.8) is 0 Å². The number of ether oxygens (including phenoxy) is 2. The zero-order valence-electron chi connectivity index (χ0n) is 11.5. The Morgan fingerprint density at radius 1 is 1.10 bits per heavy atom. The first-order chi connectivity index (χ1) is 9.69. The highest BCUT2D eigenvalue weighted by Gasteiger charge is 2.31. The Morgan fingerprint density at radius 3 is 2.60 bits per heavy atom. The van der Waals surface area contributed by atoms with E-state index in [0.717, 1.165) is 10.9 Å². The molecule has 2 aromatic rings. The molecule has 1 aliphatic rings. The molecule has 20 heavy (non-hydrogen) atoms. The van der Waals surface area contributed by atoms with E-state index in [4.69, 9.17) is 9.47 Å². The number of esters is 1. The van der Waals surface area contributed by atoms with Crippen molar-refractivity contribution in [2.24, 2.45) is 5.92 Å². The molecule has 1 aliphatic heterocycles. The summed E-state index contributed by atoms with van der Waals surface area (Å²) < 4.78 is 10.7. The van der Waals surface area contributed by atoms with E-state index in [1.165, 1.54) is 11.5 Å². The molecular formula is C17H16O3. The number of methoxy groups -OCH3 is 1. The van der Waals surface area contributed by atoms with Crippen LogP contribution < -0.4 is 0 Å². The lowest BCUT2D eigenvalue weighted by Crippen LogP contribution is -2.24. The van der Waals surface area contributed by atoms with E-state index in [-0.39, 0.29) is 18.0 Å². The minimum atomic E-state index is -0.349. The molecule has 0 saturated heterocycles. The first kappa shape index (κ1) is 12.7. The molecule has 3 nitrogen and oxygen atoms in total. The summed E-state index contributed by atoms with van der Waals surface area (Å²) in [5.74, 6) is 0.330. The Bertz CT molecular complexity index is 687. The van der Waals surface area contributed by atoms with Gasteiger partial charge in [-0.3, -0.25) is 0 Å². The van der Waals surface area contributed by atoms with Crippen LogP contribution in [0.4, 0.5) is 0 Å². The molecular weight excluding hydrogens is 252 g/mol. The number of hydrogen-bond donors (Lipinski definition) is 0. The van der Waals surface area contributed by atoms with Crippen molar-refractivity contribution >= 4 is 16.7 Å². The van der Waals surface area contributed by atoms with Crippen molar-refractivity contribution in [3.05, 3.63) is 59.9 Å². The third kappa shape index (κ3) is 2.16. The van der Waals surface area contributed by atoms with Gasteiger partial charge < -0.3 is 9.47 Å². The van der Waals surface area contributed by atoms with Crippen molar-refractivity contribution in [2.75, 3.05) is 7.11 Å². The van der Waals surface area contributed by atoms with Crippen LogP contribution in [0.25, 0.3) is 10.8 Å². The highest BCUT2D eigenvalue weighted by molar-refractivity contribution is 5.85. The third-order valence-electron chi connectivity index (χ3n) is 3.74. The molecule has 3 heteroatoms. The second-order valence-corrected chi connectivity index (χ2v) is 5.00. The standard InChI is InChI=1S/C17H16O3/c1-11-15(19-2)10-16(18)20-17(11)14-8-7-12-5-3-4-6-13(12)9-14/h3-11,17H,1-2H3/t11-,17-/m0/s1. The molecule has 0 unspecified atom stereocenters. The van der Waals surface area contributed by atoms with Gasteiger partial charge in [-0.1, -0.05) is 43.3 Å². The van der Waals surface area contributed by atoms with Gasteiger partial charge in [0.2, 0.25) is 0 Å². The highest BCUT2D eigenvalue weighted by atomic mass is 16.6. The topological polar surface area (TPSA) is 35.5 Å². The summed E-state index contributed by atoms with van der Waals surface area (Å²) in [6.07, 6.45) is 1.12. The Hall–Kier alpha value is -2.29. The van der Waals surface area contributed by atoms with Crippen molar-refractivity contribution in [1.82, 2.24) is 0 Å². The first-order valence-electron chi connectivity index (χ1n) is 6.64. The van der Waals surface area contributed by atoms with Crippen LogP contribution in [0.5, 0.6) is 0 Å². The summed E-state index contributed by atoms with van der Waals surface area (Å²) in [7, 11) is 1.58. The Kier molecular flexibility index (Phi) is 3.18. The quantitative estimate of drug-likeness (QED) is 0.781. The lowest BCUT2D eigenvalue weighted by molar-refractivity contribution is -0.148. The molecule has 0 fully saturated rings. The Balaban J connectivity index is 2.02. The molecule has 1 heterocycles. The van der Waals surface area contributed by atoms with Crippen LogP contribution >= 0.6 is 0 Å². The summed E-state index contributed by atoms with van der Waals surface area (Å²) >= 11 is 0. The molecule has 102 valence electrons. The lowest BCUT2D eigenvalue weighted by Gasteiger charge is -2.29. The van der Waals surface area contributed by atoms with Gasteiger partial charge in [0.25, 0.3) is 0 Å². The summed E-state index contributed by atoms with van der Waals surface area (Å²) in [6.45, 7) is 2.00. The van der Waals surface area contributed by atoms with Crippen LogP contribution in [0.2, 0.25) is 0 Å². The number of rotatable bonds is 2. The first-order valence-corrected chi connectivity index (χ1v) is 6.64. The minimum absolute atomic E-state index is 0.0128. The van der Waals surface area contributed by atoms with Crippen molar-refractivity contribution in [1.29, 1.82) is 0 Å². The molecule has 2 aromatic carbocycles. The van der Waals surface area contributed by atoms with Crippen LogP contribution in [0.15, 0.2) is 54.3 Å². The number of fused-ring (bicyclic) bond motifs is 1. The van der Waals surface area contributed by atoms with Crippen LogP contribution in [0.1, 0.15) is 18.6 Å². The highest BCUT2D eigenvalue weighted by Crippen LogP contribution is 2.36. The van der Waals surface area contributed by atoms with Crippen LogP contribution in [0, 0.1) is 5.92 Å². The number of hydrogen-bond acceptors (Lipinski definition) is 3. The normalized spacial score (nSPS) is 22.3. The van der Waals surface area contributed by atoms with E-state index >= 15 is 0 Å². The molecule has 0 aromatic heterocycles. The van der Waals surface area contributed by atoms with Gasteiger partial charge in [-0.05, 0) is 22.4 Å². The molecule has 3 rings (SSSR count). The van der Waals surface area contributed by atoms with Gasteiger partial charge in [0.15, 0.2) is 0 Å². The third-order valence-corrected chi connectivity index (χ3v) is 3.74. The molecule has 0 N–H and O–H groups in total. The maximum atomic E-state index is 11.6. The Morgan fingerprint density at radius 2 is 1.85 bits per heavy atom. The van der Waals surface area contributed by atoms with Gasteiger partial charge >= 0.3 is 5.97 Å². The largest absolute Gasteiger partial charge is 0.500 e. The zero-order chi connectivity index (χ0) is 14.1. The average Bonchev–Trinajstić information content (AvgIpc) is 2.48. The minimum Gasteiger partial charge on any atom is -0.500 e. The van der Waals surface area contributed by atoms with Gasteiger partial charge in [0.05, 0.1) is 19.1 Å². The molecule has 0 saturated carbocycles. The van der Waals surface area contributed by atoms with E-state index in [1.807, 2.05) is 25.1 Å². The summed E-state index contributed by atoms with van der Waals surface area (Å²) in [5, 5.41) is 2.32. The fourth-order valence-corrected chi connectivity index (χ4v) is 2.64. The van der Waals surface area contributed by atoms with Crippen LogP contribution in [0.3, 0.4) is 0 Å². The summed E-state index contributed by atoms with van der Waals surface area (Å²) in [6, 6.07) is 14.3.